The number of fused-ring (bicyclic) bond motifs is 1. The molecule has 0 radical (unpaired) electrons. The van der Waals surface area contributed by atoms with Crippen LogP contribution in [0.2, 0.25) is 0 Å². The number of hydrogen-bond donors (Lipinski definition) is 1. The minimum absolute atomic E-state index is 0.300. The number of rotatable bonds is 3. The van der Waals surface area contributed by atoms with Crippen molar-refractivity contribution in [3.63, 3.8) is 0 Å². The highest BCUT2D eigenvalue weighted by atomic mass is 16.1. The molecular formula is C16H27NO. The molecule has 4 unspecified atom stereocenters. The topological polar surface area (TPSA) is 29.1 Å². The molecular weight excluding hydrogens is 222 g/mol. The van der Waals surface area contributed by atoms with Gasteiger partial charge in [0.05, 0.1) is 0 Å². The van der Waals surface area contributed by atoms with E-state index in [9.17, 15) is 4.79 Å². The lowest BCUT2D eigenvalue weighted by molar-refractivity contribution is -0.112. The molecule has 0 aliphatic heterocycles. The van der Waals surface area contributed by atoms with Crippen molar-refractivity contribution >= 4 is 6.41 Å². The molecule has 2 nitrogen and oxygen atoms in total. The van der Waals surface area contributed by atoms with Crippen molar-refractivity contribution in [1.29, 1.82) is 0 Å². The largest absolute Gasteiger partial charge is 0.355 e. The summed E-state index contributed by atoms with van der Waals surface area (Å²) < 4.78 is 0. The van der Waals surface area contributed by atoms with E-state index >= 15 is 0 Å². The van der Waals surface area contributed by atoms with Crippen LogP contribution in [0, 0.1) is 23.2 Å². The van der Waals surface area contributed by atoms with Crippen molar-refractivity contribution in [1.82, 2.24) is 5.32 Å². The first-order valence-electron chi connectivity index (χ1n) is 7.37. The van der Waals surface area contributed by atoms with Crippen LogP contribution in [-0.2, 0) is 4.79 Å². The molecule has 18 heavy (non-hydrogen) atoms. The average molecular weight is 249 g/mol. The van der Waals surface area contributed by atoms with Gasteiger partial charge in [-0.15, -0.1) is 0 Å². The van der Waals surface area contributed by atoms with Gasteiger partial charge in [0.2, 0.25) is 6.41 Å². The van der Waals surface area contributed by atoms with E-state index in [2.05, 4.69) is 32.7 Å². The summed E-state index contributed by atoms with van der Waals surface area (Å²) >= 11 is 0. The molecule has 0 aromatic heterocycles. The van der Waals surface area contributed by atoms with Gasteiger partial charge in [0.25, 0.3) is 0 Å². The van der Waals surface area contributed by atoms with E-state index in [1.165, 1.54) is 31.3 Å². The maximum Gasteiger partial charge on any atom is 0.207 e. The first kappa shape index (κ1) is 13.6. The molecule has 0 spiro atoms. The molecule has 2 rings (SSSR count). The Morgan fingerprint density at radius 3 is 2.78 bits per heavy atom. The summed E-state index contributed by atoms with van der Waals surface area (Å²) in [7, 11) is 0. The van der Waals surface area contributed by atoms with Gasteiger partial charge < -0.3 is 5.32 Å². The summed E-state index contributed by atoms with van der Waals surface area (Å²) in [6, 6.07) is 0.300. The molecule has 1 N–H and O–H groups in total. The second-order valence-electron chi connectivity index (χ2n) is 6.90. The molecule has 4 atom stereocenters. The van der Waals surface area contributed by atoms with Crippen LogP contribution in [0.15, 0.2) is 12.2 Å². The molecule has 0 saturated heterocycles. The Bertz CT molecular complexity index is 336. The molecule has 2 aliphatic carbocycles. The van der Waals surface area contributed by atoms with E-state index < -0.39 is 0 Å². The van der Waals surface area contributed by atoms with Crippen LogP contribution in [0.4, 0.5) is 0 Å². The van der Waals surface area contributed by atoms with Gasteiger partial charge in [0.15, 0.2) is 0 Å². The second kappa shape index (κ2) is 5.07. The van der Waals surface area contributed by atoms with Crippen molar-refractivity contribution < 1.29 is 4.79 Å². The third-order valence-corrected chi connectivity index (χ3v) is 5.42. The minimum atomic E-state index is 0.300. The number of nitrogens with one attached hydrogen (secondary N) is 1. The van der Waals surface area contributed by atoms with Gasteiger partial charge in [-0.05, 0) is 49.4 Å². The van der Waals surface area contributed by atoms with Crippen molar-refractivity contribution in [3.8, 4) is 0 Å². The number of carbonyl (C=O) groups excluding carboxylic acids is 1. The van der Waals surface area contributed by atoms with Crippen LogP contribution < -0.4 is 5.32 Å². The summed E-state index contributed by atoms with van der Waals surface area (Å²) in [5, 5.41) is 3.13. The Morgan fingerprint density at radius 2 is 2.17 bits per heavy atom. The second-order valence-corrected chi connectivity index (χ2v) is 6.90. The van der Waals surface area contributed by atoms with Crippen molar-refractivity contribution in [3.05, 3.63) is 12.2 Å². The summed E-state index contributed by atoms with van der Waals surface area (Å²) in [6.45, 7) is 11.3. The van der Waals surface area contributed by atoms with E-state index in [0.717, 1.165) is 12.8 Å². The Hall–Kier alpha value is -0.790. The van der Waals surface area contributed by atoms with Gasteiger partial charge in [0.1, 0.15) is 0 Å². The fourth-order valence-electron chi connectivity index (χ4n) is 4.46. The fraction of sp³-hybridized carbons (Fsp3) is 0.812. The summed E-state index contributed by atoms with van der Waals surface area (Å²) in [5.41, 5.74) is 1.73. The molecule has 2 saturated carbocycles. The third kappa shape index (κ3) is 2.22. The standard InChI is InChI=1S/C16H27NO/c1-11(2)13-7-9-16(4)8-5-6-12(3)14(16)15(13)17-10-18/h10-11,13-15H,3,5-9H2,1-2,4H3,(H,17,18). The lowest BCUT2D eigenvalue weighted by atomic mass is 9.53. The fourth-order valence-corrected chi connectivity index (χ4v) is 4.46. The predicted octanol–water partition coefficient (Wildman–Crippen LogP) is 3.53. The Kier molecular flexibility index (Phi) is 3.84. The van der Waals surface area contributed by atoms with E-state index in [-0.39, 0.29) is 0 Å². The summed E-state index contributed by atoms with van der Waals surface area (Å²) in [4.78, 5) is 11.0. The number of carbonyl (C=O) groups is 1. The van der Waals surface area contributed by atoms with Crippen molar-refractivity contribution in [2.45, 2.75) is 58.9 Å². The van der Waals surface area contributed by atoms with E-state index in [0.29, 0.717) is 29.2 Å². The summed E-state index contributed by atoms with van der Waals surface area (Å²) in [6.07, 6.45) is 7.13. The van der Waals surface area contributed by atoms with E-state index in [1.54, 1.807) is 0 Å². The predicted molar refractivity (Wildman–Crippen MR) is 75.1 cm³/mol. The zero-order valence-corrected chi connectivity index (χ0v) is 12.0. The quantitative estimate of drug-likeness (QED) is 0.601. The lowest BCUT2D eigenvalue weighted by Crippen LogP contribution is -2.55. The van der Waals surface area contributed by atoms with Crippen LogP contribution in [0.25, 0.3) is 0 Å². The third-order valence-electron chi connectivity index (χ3n) is 5.42. The van der Waals surface area contributed by atoms with Gasteiger partial charge in [-0.2, -0.15) is 0 Å². The average Bonchev–Trinajstić information content (AvgIpc) is 2.28. The molecule has 0 aromatic carbocycles. The minimum Gasteiger partial charge on any atom is -0.355 e. The highest BCUT2D eigenvalue weighted by Crippen LogP contribution is 2.54. The number of amides is 1. The normalized spacial score (nSPS) is 40.4. The molecule has 2 heteroatoms. The van der Waals surface area contributed by atoms with Gasteiger partial charge in [0, 0.05) is 12.0 Å². The maximum absolute atomic E-state index is 11.0. The monoisotopic (exact) mass is 249 g/mol. The zero-order chi connectivity index (χ0) is 13.3. The van der Waals surface area contributed by atoms with Crippen molar-refractivity contribution in [2.75, 3.05) is 0 Å². The van der Waals surface area contributed by atoms with E-state index in [1.807, 2.05) is 0 Å². The SMILES string of the molecule is C=C1CCCC2(C)CCC(C(C)C)C(NC=O)C12. The first-order valence-corrected chi connectivity index (χ1v) is 7.37. The molecule has 0 heterocycles. The van der Waals surface area contributed by atoms with Crippen molar-refractivity contribution in [2.24, 2.45) is 23.2 Å². The number of hydrogen-bond acceptors (Lipinski definition) is 1. The van der Waals surface area contributed by atoms with Crippen LogP contribution in [0.1, 0.15) is 52.9 Å². The van der Waals surface area contributed by atoms with Crippen LogP contribution in [0.3, 0.4) is 0 Å². The zero-order valence-electron chi connectivity index (χ0n) is 12.0. The highest BCUT2D eigenvalue weighted by Gasteiger charge is 2.49. The molecule has 102 valence electrons. The van der Waals surface area contributed by atoms with Gasteiger partial charge in [-0.1, -0.05) is 32.9 Å². The Balaban J connectivity index is 2.30. The smallest absolute Gasteiger partial charge is 0.207 e. The van der Waals surface area contributed by atoms with Gasteiger partial charge in [-0.3, -0.25) is 4.79 Å². The Labute approximate surface area is 111 Å². The lowest BCUT2D eigenvalue weighted by Gasteiger charge is -2.54. The van der Waals surface area contributed by atoms with Gasteiger partial charge in [-0.25, -0.2) is 0 Å². The van der Waals surface area contributed by atoms with E-state index in [4.69, 9.17) is 0 Å². The van der Waals surface area contributed by atoms with Crippen LogP contribution in [0.5, 0.6) is 0 Å². The molecule has 2 aliphatic rings. The molecule has 0 aromatic rings. The van der Waals surface area contributed by atoms with Crippen LogP contribution >= 0.6 is 0 Å². The summed E-state index contributed by atoms with van der Waals surface area (Å²) in [5.74, 6) is 1.71. The molecule has 0 bridgehead atoms. The van der Waals surface area contributed by atoms with Gasteiger partial charge >= 0.3 is 0 Å². The first-order chi connectivity index (χ1) is 8.49. The Morgan fingerprint density at radius 1 is 1.44 bits per heavy atom. The molecule has 2 fully saturated rings. The highest BCUT2D eigenvalue weighted by molar-refractivity contribution is 5.47. The van der Waals surface area contributed by atoms with Crippen LogP contribution in [-0.4, -0.2) is 12.5 Å². The maximum atomic E-state index is 11.0. The molecule has 1 amide bonds.